The average Bonchev–Trinajstić information content (AvgIpc) is 2.80. The molecule has 0 aromatic carbocycles. The quantitative estimate of drug-likeness (QED) is 0.818. The predicted octanol–water partition coefficient (Wildman–Crippen LogP) is 2.03. The molecule has 1 saturated heterocycles. The van der Waals surface area contributed by atoms with Gasteiger partial charge in [0.2, 0.25) is 0 Å². The van der Waals surface area contributed by atoms with Gasteiger partial charge in [-0.3, -0.25) is 4.79 Å². The van der Waals surface area contributed by atoms with Gasteiger partial charge in [-0.15, -0.1) is 0 Å². The minimum Gasteiger partial charge on any atom is -0.481 e. The van der Waals surface area contributed by atoms with Crippen molar-refractivity contribution in [1.29, 1.82) is 0 Å². The summed E-state index contributed by atoms with van der Waals surface area (Å²) >= 11 is 0. The molecule has 0 saturated carbocycles. The van der Waals surface area contributed by atoms with Crippen LogP contribution in [-0.2, 0) is 4.79 Å². The van der Waals surface area contributed by atoms with Crippen LogP contribution in [0.2, 0.25) is 0 Å². The van der Waals surface area contributed by atoms with Crippen LogP contribution in [0, 0.1) is 5.41 Å². The van der Waals surface area contributed by atoms with E-state index in [9.17, 15) is 9.59 Å². The number of carbonyl (C=O) groups is 2. The van der Waals surface area contributed by atoms with Crippen LogP contribution in [-0.4, -0.2) is 53.6 Å². The minimum atomic E-state index is -0.868. The van der Waals surface area contributed by atoms with Crippen molar-refractivity contribution in [3.8, 4) is 0 Å². The Morgan fingerprint density at radius 3 is 2.39 bits per heavy atom. The maximum atomic E-state index is 12.1. The van der Waals surface area contributed by atoms with Crippen LogP contribution in [0.25, 0.3) is 0 Å². The molecule has 0 radical (unpaired) electrons. The number of nitrogens with zero attached hydrogens (tertiary/aromatic N) is 2. The molecular weight excluding hydrogens is 232 g/mol. The van der Waals surface area contributed by atoms with Gasteiger partial charge >= 0.3 is 12.0 Å². The Bertz CT molecular complexity index is 313. The third kappa shape index (κ3) is 3.37. The molecule has 1 rings (SSSR count). The molecule has 1 N–H and O–H groups in total. The fourth-order valence-electron chi connectivity index (χ4n) is 2.53. The van der Waals surface area contributed by atoms with Gasteiger partial charge in [0.25, 0.3) is 0 Å². The van der Waals surface area contributed by atoms with E-state index in [1.807, 2.05) is 4.90 Å². The van der Waals surface area contributed by atoms with Gasteiger partial charge in [0, 0.05) is 26.7 Å². The maximum Gasteiger partial charge on any atom is 0.319 e. The van der Waals surface area contributed by atoms with Gasteiger partial charge in [0.15, 0.2) is 0 Å². The lowest BCUT2D eigenvalue weighted by molar-refractivity contribution is -0.137. The SMILES string of the molecule is CCC1(CC)CCN(C(=O)N(C)CCC(=O)O)C1. The monoisotopic (exact) mass is 256 g/mol. The summed E-state index contributed by atoms with van der Waals surface area (Å²) in [5, 5.41) is 8.62. The summed E-state index contributed by atoms with van der Waals surface area (Å²) in [6.45, 7) is 6.21. The van der Waals surface area contributed by atoms with Crippen molar-refractivity contribution in [3.63, 3.8) is 0 Å². The first-order valence-corrected chi connectivity index (χ1v) is 6.66. The molecule has 1 aliphatic rings. The normalized spacial score (nSPS) is 17.8. The Hall–Kier alpha value is -1.26. The molecule has 1 aliphatic heterocycles. The van der Waals surface area contributed by atoms with Gasteiger partial charge in [-0.05, 0) is 24.7 Å². The average molecular weight is 256 g/mol. The lowest BCUT2D eigenvalue weighted by atomic mass is 9.82. The molecule has 0 aromatic rings. The van der Waals surface area contributed by atoms with E-state index < -0.39 is 5.97 Å². The van der Waals surface area contributed by atoms with Crippen LogP contribution >= 0.6 is 0 Å². The molecule has 5 heteroatoms. The van der Waals surface area contributed by atoms with Crippen molar-refractivity contribution in [1.82, 2.24) is 9.80 Å². The lowest BCUT2D eigenvalue weighted by Gasteiger charge is -2.28. The summed E-state index contributed by atoms with van der Waals surface area (Å²) in [6, 6.07) is -0.0416. The van der Waals surface area contributed by atoms with Crippen LogP contribution in [0.15, 0.2) is 0 Å². The van der Waals surface area contributed by atoms with Crippen LogP contribution in [0.4, 0.5) is 4.79 Å². The first-order chi connectivity index (χ1) is 8.44. The smallest absolute Gasteiger partial charge is 0.319 e. The molecule has 18 heavy (non-hydrogen) atoms. The minimum absolute atomic E-state index is 0.00276. The predicted molar refractivity (Wildman–Crippen MR) is 69.5 cm³/mol. The van der Waals surface area contributed by atoms with Crippen LogP contribution < -0.4 is 0 Å². The zero-order valence-corrected chi connectivity index (χ0v) is 11.6. The van der Waals surface area contributed by atoms with Crippen LogP contribution in [0.1, 0.15) is 39.5 Å². The molecule has 1 fully saturated rings. The second kappa shape index (κ2) is 6.07. The summed E-state index contributed by atoms with van der Waals surface area (Å²) in [5.74, 6) is -0.868. The fourth-order valence-corrected chi connectivity index (χ4v) is 2.53. The fraction of sp³-hybridized carbons (Fsp3) is 0.846. The van der Waals surface area contributed by atoms with Crippen molar-refractivity contribution in [2.24, 2.45) is 5.41 Å². The number of rotatable bonds is 5. The Morgan fingerprint density at radius 1 is 1.33 bits per heavy atom. The summed E-state index contributed by atoms with van der Waals surface area (Å²) in [7, 11) is 1.67. The van der Waals surface area contributed by atoms with E-state index >= 15 is 0 Å². The second-order valence-electron chi connectivity index (χ2n) is 5.23. The molecule has 0 spiro atoms. The zero-order chi connectivity index (χ0) is 13.8. The molecule has 0 unspecified atom stereocenters. The first-order valence-electron chi connectivity index (χ1n) is 6.66. The summed E-state index contributed by atoms with van der Waals surface area (Å²) < 4.78 is 0. The first kappa shape index (κ1) is 14.8. The number of amides is 2. The van der Waals surface area contributed by atoms with Gasteiger partial charge in [-0.25, -0.2) is 4.79 Å². The van der Waals surface area contributed by atoms with Gasteiger partial charge in [-0.1, -0.05) is 13.8 Å². The Morgan fingerprint density at radius 2 is 1.94 bits per heavy atom. The third-order valence-electron chi connectivity index (χ3n) is 4.20. The highest BCUT2D eigenvalue weighted by Gasteiger charge is 2.37. The number of likely N-dealkylation sites (tertiary alicyclic amines) is 1. The molecule has 0 atom stereocenters. The molecule has 5 nitrogen and oxygen atoms in total. The number of urea groups is 1. The van der Waals surface area contributed by atoms with Crippen molar-refractivity contribution >= 4 is 12.0 Å². The standard InChI is InChI=1S/C13H24N2O3/c1-4-13(5-2)7-9-15(10-13)12(18)14(3)8-6-11(16)17/h4-10H2,1-3H3,(H,16,17). The zero-order valence-electron chi connectivity index (χ0n) is 11.6. The molecule has 1 heterocycles. The molecule has 0 bridgehead atoms. The molecule has 0 aliphatic carbocycles. The van der Waals surface area contributed by atoms with Crippen molar-refractivity contribution in [2.45, 2.75) is 39.5 Å². The Labute approximate surface area is 109 Å². The van der Waals surface area contributed by atoms with E-state index in [1.54, 1.807) is 7.05 Å². The summed E-state index contributed by atoms with van der Waals surface area (Å²) in [6.07, 6.45) is 3.24. The molecule has 104 valence electrons. The van der Waals surface area contributed by atoms with E-state index in [0.717, 1.165) is 32.4 Å². The topological polar surface area (TPSA) is 60.9 Å². The van der Waals surface area contributed by atoms with Crippen molar-refractivity contribution < 1.29 is 14.7 Å². The third-order valence-corrected chi connectivity index (χ3v) is 4.20. The number of hydrogen-bond donors (Lipinski definition) is 1. The molecule has 2 amide bonds. The number of hydrogen-bond acceptors (Lipinski definition) is 2. The van der Waals surface area contributed by atoms with Crippen molar-refractivity contribution in [2.75, 3.05) is 26.7 Å². The van der Waals surface area contributed by atoms with E-state index in [2.05, 4.69) is 13.8 Å². The van der Waals surface area contributed by atoms with E-state index in [0.29, 0.717) is 0 Å². The van der Waals surface area contributed by atoms with E-state index in [4.69, 9.17) is 5.11 Å². The number of aliphatic carboxylic acids is 1. The maximum absolute atomic E-state index is 12.1. The molecule has 0 aromatic heterocycles. The highest BCUT2D eigenvalue weighted by atomic mass is 16.4. The van der Waals surface area contributed by atoms with Crippen LogP contribution in [0.3, 0.4) is 0 Å². The number of carbonyl (C=O) groups excluding carboxylic acids is 1. The number of carboxylic acid groups (broad SMARTS) is 1. The van der Waals surface area contributed by atoms with Crippen LogP contribution in [0.5, 0.6) is 0 Å². The molecular formula is C13H24N2O3. The highest BCUT2D eigenvalue weighted by molar-refractivity contribution is 5.75. The Balaban J connectivity index is 2.51. The Kier molecular flexibility index (Phi) is 4.99. The van der Waals surface area contributed by atoms with Gasteiger partial charge in [0.1, 0.15) is 0 Å². The van der Waals surface area contributed by atoms with Gasteiger partial charge in [0.05, 0.1) is 6.42 Å². The van der Waals surface area contributed by atoms with E-state index in [1.165, 1.54) is 4.90 Å². The van der Waals surface area contributed by atoms with Crippen molar-refractivity contribution in [3.05, 3.63) is 0 Å². The number of carboxylic acids is 1. The summed E-state index contributed by atoms with van der Waals surface area (Å²) in [4.78, 5) is 26.0. The second-order valence-corrected chi connectivity index (χ2v) is 5.23. The van der Waals surface area contributed by atoms with Gasteiger partial charge in [-0.2, -0.15) is 0 Å². The highest BCUT2D eigenvalue weighted by Crippen LogP contribution is 2.37. The lowest BCUT2D eigenvalue weighted by Crippen LogP contribution is -2.41. The summed E-state index contributed by atoms with van der Waals surface area (Å²) in [5.41, 5.74) is 0.267. The largest absolute Gasteiger partial charge is 0.481 e. The van der Waals surface area contributed by atoms with E-state index in [-0.39, 0.29) is 24.4 Å². The van der Waals surface area contributed by atoms with Gasteiger partial charge < -0.3 is 14.9 Å².